The van der Waals surface area contributed by atoms with Crippen LogP contribution in [-0.2, 0) is 12.7 Å². The first-order valence-corrected chi connectivity index (χ1v) is 9.45. The van der Waals surface area contributed by atoms with E-state index in [1.165, 1.54) is 33.9 Å². The van der Waals surface area contributed by atoms with Crippen LogP contribution in [0.1, 0.15) is 34.0 Å². The summed E-state index contributed by atoms with van der Waals surface area (Å²) in [7, 11) is 0. The molecule has 3 aromatic rings. The van der Waals surface area contributed by atoms with Gasteiger partial charge in [-0.3, -0.25) is 9.59 Å². The minimum Gasteiger partial charge on any atom is -0.310 e. The number of halogens is 3. The molecule has 3 rings (SSSR count). The summed E-state index contributed by atoms with van der Waals surface area (Å²) in [6, 6.07) is 15.2. The molecule has 0 saturated carbocycles. The van der Waals surface area contributed by atoms with Crippen LogP contribution in [0.25, 0.3) is 0 Å². The summed E-state index contributed by atoms with van der Waals surface area (Å²) < 4.78 is 40.1. The quantitative estimate of drug-likeness (QED) is 0.597. The van der Waals surface area contributed by atoms with E-state index in [0.717, 1.165) is 17.7 Å². The molecular weight excluding hydrogens is 393 g/mol. The SMILES string of the molecule is CCN(C(=O)c1cccn(Cc2cccc(C(F)(F)F)c2)c1=O)c1cccc(C)c1. The molecule has 0 saturated heterocycles. The average Bonchev–Trinajstić information content (AvgIpc) is 2.70. The fourth-order valence-corrected chi connectivity index (χ4v) is 3.25. The van der Waals surface area contributed by atoms with Crippen LogP contribution in [0, 0.1) is 6.92 Å². The number of nitrogens with zero attached hydrogens (tertiary/aromatic N) is 2. The standard InChI is InChI=1S/C23H21F3N2O2/c1-3-28(19-10-4-7-16(2)13-19)22(30)20-11-6-12-27(21(20)29)15-17-8-5-9-18(14-17)23(24,25)26/h4-14H,3,15H2,1-2H3. The predicted octanol–water partition coefficient (Wildman–Crippen LogP) is 4.89. The number of anilines is 1. The van der Waals surface area contributed by atoms with E-state index in [4.69, 9.17) is 0 Å². The average molecular weight is 414 g/mol. The number of aryl methyl sites for hydroxylation is 1. The lowest BCUT2D eigenvalue weighted by molar-refractivity contribution is -0.137. The monoisotopic (exact) mass is 414 g/mol. The number of hydrogen-bond donors (Lipinski definition) is 0. The number of hydrogen-bond acceptors (Lipinski definition) is 2. The number of aromatic nitrogens is 1. The Morgan fingerprint density at radius 2 is 1.77 bits per heavy atom. The Bertz CT molecular complexity index is 1120. The van der Waals surface area contributed by atoms with Crippen molar-refractivity contribution in [3.05, 3.63) is 99.5 Å². The Balaban J connectivity index is 1.93. The molecule has 2 aromatic carbocycles. The third kappa shape index (κ3) is 4.62. The molecule has 0 atom stereocenters. The van der Waals surface area contributed by atoms with E-state index in [9.17, 15) is 22.8 Å². The molecule has 0 aliphatic heterocycles. The van der Waals surface area contributed by atoms with Gasteiger partial charge in [0.2, 0.25) is 0 Å². The van der Waals surface area contributed by atoms with Crippen molar-refractivity contribution in [3.8, 4) is 0 Å². The lowest BCUT2D eigenvalue weighted by Crippen LogP contribution is -2.36. The van der Waals surface area contributed by atoms with Crippen molar-refractivity contribution >= 4 is 11.6 Å². The molecule has 156 valence electrons. The van der Waals surface area contributed by atoms with Gasteiger partial charge in [0.15, 0.2) is 0 Å². The van der Waals surface area contributed by atoms with Crippen molar-refractivity contribution < 1.29 is 18.0 Å². The number of carbonyl (C=O) groups is 1. The highest BCUT2D eigenvalue weighted by Gasteiger charge is 2.30. The maximum atomic E-state index is 13.1. The highest BCUT2D eigenvalue weighted by atomic mass is 19.4. The second kappa shape index (κ2) is 8.57. The van der Waals surface area contributed by atoms with Crippen LogP contribution in [0.5, 0.6) is 0 Å². The van der Waals surface area contributed by atoms with Crippen molar-refractivity contribution in [1.29, 1.82) is 0 Å². The first-order chi connectivity index (χ1) is 14.2. The minimum absolute atomic E-state index is 0.0344. The van der Waals surface area contributed by atoms with Gasteiger partial charge in [-0.2, -0.15) is 13.2 Å². The summed E-state index contributed by atoms with van der Waals surface area (Å²) >= 11 is 0. The maximum Gasteiger partial charge on any atom is 0.416 e. The van der Waals surface area contributed by atoms with E-state index >= 15 is 0 Å². The van der Waals surface area contributed by atoms with E-state index < -0.39 is 23.2 Å². The van der Waals surface area contributed by atoms with Crippen LogP contribution in [0.3, 0.4) is 0 Å². The maximum absolute atomic E-state index is 13.1. The number of benzene rings is 2. The molecular formula is C23H21F3N2O2. The van der Waals surface area contributed by atoms with Crippen molar-refractivity contribution in [2.24, 2.45) is 0 Å². The van der Waals surface area contributed by atoms with Crippen LogP contribution in [-0.4, -0.2) is 17.0 Å². The first-order valence-electron chi connectivity index (χ1n) is 9.45. The summed E-state index contributed by atoms with van der Waals surface area (Å²) in [5, 5.41) is 0. The van der Waals surface area contributed by atoms with Crippen LogP contribution in [0.4, 0.5) is 18.9 Å². The van der Waals surface area contributed by atoms with E-state index in [1.807, 2.05) is 32.0 Å². The van der Waals surface area contributed by atoms with E-state index in [-0.39, 0.29) is 12.1 Å². The van der Waals surface area contributed by atoms with Crippen molar-refractivity contribution in [3.63, 3.8) is 0 Å². The molecule has 1 amide bonds. The smallest absolute Gasteiger partial charge is 0.310 e. The van der Waals surface area contributed by atoms with Gasteiger partial charge in [-0.1, -0.05) is 24.3 Å². The topological polar surface area (TPSA) is 42.3 Å². The van der Waals surface area contributed by atoms with Gasteiger partial charge in [-0.05, 0) is 61.4 Å². The zero-order valence-electron chi connectivity index (χ0n) is 16.6. The first kappa shape index (κ1) is 21.4. The van der Waals surface area contributed by atoms with Gasteiger partial charge in [0, 0.05) is 18.4 Å². The lowest BCUT2D eigenvalue weighted by atomic mass is 10.1. The van der Waals surface area contributed by atoms with Gasteiger partial charge < -0.3 is 9.47 Å². The molecule has 0 fully saturated rings. The van der Waals surface area contributed by atoms with Crippen LogP contribution >= 0.6 is 0 Å². The Labute approximate surface area is 172 Å². The van der Waals surface area contributed by atoms with Gasteiger partial charge in [0.25, 0.3) is 11.5 Å². The Morgan fingerprint density at radius 1 is 1.03 bits per heavy atom. The van der Waals surface area contributed by atoms with Gasteiger partial charge >= 0.3 is 6.18 Å². The molecule has 1 aromatic heterocycles. The number of alkyl halides is 3. The third-order valence-corrected chi connectivity index (χ3v) is 4.73. The Kier molecular flexibility index (Phi) is 6.10. The molecule has 0 N–H and O–H groups in total. The molecule has 0 aliphatic rings. The van der Waals surface area contributed by atoms with Crippen molar-refractivity contribution in [2.45, 2.75) is 26.6 Å². The molecule has 0 radical (unpaired) electrons. The molecule has 7 heteroatoms. The summed E-state index contributed by atoms with van der Waals surface area (Å²) in [5.74, 6) is -0.452. The Hall–Kier alpha value is -3.35. The molecule has 0 spiro atoms. The van der Waals surface area contributed by atoms with Crippen LogP contribution in [0.15, 0.2) is 71.7 Å². The fraction of sp³-hybridized carbons (Fsp3) is 0.217. The third-order valence-electron chi connectivity index (χ3n) is 4.73. The lowest BCUT2D eigenvalue weighted by Gasteiger charge is -2.21. The summed E-state index contributed by atoms with van der Waals surface area (Å²) in [4.78, 5) is 27.5. The highest BCUT2D eigenvalue weighted by molar-refractivity contribution is 6.05. The number of carbonyl (C=O) groups excluding carboxylic acids is 1. The molecule has 0 aliphatic carbocycles. The number of rotatable bonds is 5. The minimum atomic E-state index is -4.46. The van der Waals surface area contributed by atoms with Gasteiger partial charge in [0.1, 0.15) is 5.56 Å². The molecule has 4 nitrogen and oxygen atoms in total. The van der Waals surface area contributed by atoms with Crippen molar-refractivity contribution in [1.82, 2.24) is 4.57 Å². The van der Waals surface area contributed by atoms with E-state index in [2.05, 4.69) is 0 Å². The normalized spacial score (nSPS) is 11.4. The summed E-state index contributed by atoms with van der Waals surface area (Å²) in [6.45, 7) is 4.02. The second-order valence-electron chi connectivity index (χ2n) is 6.94. The molecule has 0 bridgehead atoms. The number of amides is 1. The van der Waals surface area contributed by atoms with Gasteiger partial charge in [-0.15, -0.1) is 0 Å². The van der Waals surface area contributed by atoms with E-state index in [0.29, 0.717) is 17.8 Å². The zero-order chi connectivity index (χ0) is 21.9. The van der Waals surface area contributed by atoms with Gasteiger partial charge in [-0.25, -0.2) is 0 Å². The zero-order valence-corrected chi connectivity index (χ0v) is 16.6. The summed E-state index contributed by atoms with van der Waals surface area (Å²) in [6.07, 6.45) is -3.00. The predicted molar refractivity (Wildman–Crippen MR) is 110 cm³/mol. The fourth-order valence-electron chi connectivity index (χ4n) is 3.25. The molecule has 1 heterocycles. The van der Waals surface area contributed by atoms with E-state index in [1.54, 1.807) is 12.1 Å². The number of pyridine rings is 1. The van der Waals surface area contributed by atoms with Crippen LogP contribution < -0.4 is 10.5 Å². The van der Waals surface area contributed by atoms with Crippen LogP contribution in [0.2, 0.25) is 0 Å². The molecule has 0 unspecified atom stereocenters. The molecule has 30 heavy (non-hydrogen) atoms. The second-order valence-corrected chi connectivity index (χ2v) is 6.94. The largest absolute Gasteiger partial charge is 0.416 e. The van der Waals surface area contributed by atoms with Crippen molar-refractivity contribution in [2.75, 3.05) is 11.4 Å². The summed E-state index contributed by atoms with van der Waals surface area (Å²) in [5.41, 5.74) is 0.613. The van der Waals surface area contributed by atoms with Gasteiger partial charge in [0.05, 0.1) is 12.1 Å². The Morgan fingerprint density at radius 3 is 2.43 bits per heavy atom. The highest BCUT2D eigenvalue weighted by Crippen LogP contribution is 2.29.